The van der Waals surface area contributed by atoms with Crippen molar-refractivity contribution in [3.05, 3.63) is 40.4 Å². The highest BCUT2D eigenvalue weighted by atomic mass is 32.2. The van der Waals surface area contributed by atoms with E-state index in [-0.39, 0.29) is 5.56 Å². The fourth-order valence-electron chi connectivity index (χ4n) is 3.09. The van der Waals surface area contributed by atoms with Crippen LogP contribution in [0.15, 0.2) is 34.2 Å². The van der Waals surface area contributed by atoms with Crippen molar-refractivity contribution < 1.29 is 0 Å². The molecule has 0 atom stereocenters. The standard InChI is InChI=1S/C20H28N6OS/c1-3-5-7-10-13-25-19(27)16-11-8-9-12-17(16)21-20(25)28-15-18-22-23-24-26(18)14-6-4-2/h8-9,11-12H,3-7,10,13-15H2,1-2H3. The molecule has 28 heavy (non-hydrogen) atoms. The van der Waals surface area contributed by atoms with Gasteiger partial charge in [0, 0.05) is 13.1 Å². The molecular weight excluding hydrogens is 372 g/mol. The van der Waals surface area contributed by atoms with Gasteiger partial charge in [0.1, 0.15) is 0 Å². The Balaban J connectivity index is 1.84. The van der Waals surface area contributed by atoms with E-state index < -0.39 is 0 Å². The molecule has 0 aliphatic heterocycles. The third-order valence-corrected chi connectivity index (χ3v) is 5.69. The summed E-state index contributed by atoms with van der Waals surface area (Å²) >= 11 is 1.53. The number of para-hydroxylation sites is 1. The molecule has 2 aromatic heterocycles. The lowest BCUT2D eigenvalue weighted by Gasteiger charge is -2.13. The molecule has 3 aromatic rings. The van der Waals surface area contributed by atoms with Crippen molar-refractivity contribution in [2.24, 2.45) is 0 Å². The summed E-state index contributed by atoms with van der Waals surface area (Å²) in [6, 6.07) is 7.56. The van der Waals surface area contributed by atoms with Gasteiger partial charge in [-0.3, -0.25) is 9.36 Å². The van der Waals surface area contributed by atoms with E-state index in [1.54, 1.807) is 0 Å². The molecule has 150 valence electrons. The molecule has 2 heterocycles. The molecular formula is C20H28N6OS. The van der Waals surface area contributed by atoms with Gasteiger partial charge in [0.15, 0.2) is 11.0 Å². The quantitative estimate of drug-likeness (QED) is 0.274. The van der Waals surface area contributed by atoms with Gasteiger partial charge in [-0.15, -0.1) is 5.10 Å². The van der Waals surface area contributed by atoms with Crippen molar-refractivity contribution in [2.45, 2.75) is 76.4 Å². The Hall–Kier alpha value is -2.22. The first-order valence-electron chi connectivity index (χ1n) is 10.1. The second-order valence-corrected chi connectivity index (χ2v) is 7.83. The van der Waals surface area contributed by atoms with E-state index in [1.807, 2.05) is 33.5 Å². The van der Waals surface area contributed by atoms with Gasteiger partial charge in [-0.05, 0) is 35.4 Å². The van der Waals surface area contributed by atoms with Gasteiger partial charge in [-0.25, -0.2) is 9.67 Å². The summed E-state index contributed by atoms with van der Waals surface area (Å²) < 4.78 is 3.67. The van der Waals surface area contributed by atoms with Gasteiger partial charge in [-0.2, -0.15) is 0 Å². The van der Waals surface area contributed by atoms with E-state index in [0.717, 1.165) is 48.7 Å². The third kappa shape index (κ3) is 4.98. The Bertz CT molecular complexity index is 951. The lowest BCUT2D eigenvalue weighted by atomic mass is 10.2. The van der Waals surface area contributed by atoms with Crippen molar-refractivity contribution in [3.63, 3.8) is 0 Å². The maximum absolute atomic E-state index is 13.0. The zero-order chi connectivity index (χ0) is 19.8. The summed E-state index contributed by atoms with van der Waals surface area (Å²) in [4.78, 5) is 17.8. The summed E-state index contributed by atoms with van der Waals surface area (Å²) in [6.07, 6.45) is 6.59. The number of aryl methyl sites for hydroxylation is 1. The number of hydrogen-bond acceptors (Lipinski definition) is 6. The van der Waals surface area contributed by atoms with E-state index in [1.165, 1.54) is 24.6 Å². The number of rotatable bonds is 11. The van der Waals surface area contributed by atoms with Crippen LogP contribution in [0.2, 0.25) is 0 Å². The molecule has 0 radical (unpaired) electrons. The van der Waals surface area contributed by atoms with Crippen LogP contribution in [0.1, 0.15) is 58.2 Å². The van der Waals surface area contributed by atoms with Crippen molar-refractivity contribution in [3.8, 4) is 0 Å². The summed E-state index contributed by atoms with van der Waals surface area (Å²) in [5.74, 6) is 1.41. The number of thioether (sulfide) groups is 1. The van der Waals surface area contributed by atoms with Crippen molar-refractivity contribution in [2.75, 3.05) is 0 Å². The van der Waals surface area contributed by atoms with E-state index in [2.05, 4.69) is 29.4 Å². The number of aromatic nitrogens is 6. The monoisotopic (exact) mass is 400 g/mol. The molecule has 0 amide bonds. The Kier molecular flexibility index (Phi) is 7.59. The highest BCUT2D eigenvalue weighted by Crippen LogP contribution is 2.22. The Labute approximate surface area is 169 Å². The van der Waals surface area contributed by atoms with Gasteiger partial charge in [0.25, 0.3) is 5.56 Å². The minimum Gasteiger partial charge on any atom is -0.287 e. The van der Waals surface area contributed by atoms with E-state index in [0.29, 0.717) is 17.7 Å². The predicted molar refractivity (Wildman–Crippen MR) is 112 cm³/mol. The van der Waals surface area contributed by atoms with Crippen LogP contribution in [0.5, 0.6) is 0 Å². The second kappa shape index (κ2) is 10.4. The van der Waals surface area contributed by atoms with Crippen molar-refractivity contribution in [1.29, 1.82) is 0 Å². The van der Waals surface area contributed by atoms with E-state index >= 15 is 0 Å². The van der Waals surface area contributed by atoms with Gasteiger partial charge in [-0.1, -0.05) is 63.4 Å². The Morgan fingerprint density at radius 2 is 1.82 bits per heavy atom. The molecule has 0 saturated heterocycles. The van der Waals surface area contributed by atoms with Crippen LogP contribution in [0.25, 0.3) is 10.9 Å². The number of benzene rings is 1. The zero-order valence-corrected chi connectivity index (χ0v) is 17.5. The van der Waals surface area contributed by atoms with Crippen LogP contribution in [-0.4, -0.2) is 29.8 Å². The summed E-state index contributed by atoms with van der Waals surface area (Å²) in [5.41, 5.74) is 0.778. The van der Waals surface area contributed by atoms with Gasteiger partial charge in [0.05, 0.1) is 16.7 Å². The molecule has 7 nitrogen and oxygen atoms in total. The predicted octanol–water partition coefficient (Wildman–Crippen LogP) is 4.06. The van der Waals surface area contributed by atoms with Gasteiger partial charge in [0.2, 0.25) is 0 Å². The molecule has 3 rings (SSSR count). The van der Waals surface area contributed by atoms with Crippen molar-refractivity contribution in [1.82, 2.24) is 29.8 Å². The smallest absolute Gasteiger partial charge is 0.262 e. The number of tetrazole rings is 1. The highest BCUT2D eigenvalue weighted by Gasteiger charge is 2.13. The largest absolute Gasteiger partial charge is 0.287 e. The van der Waals surface area contributed by atoms with Crippen LogP contribution >= 0.6 is 11.8 Å². The van der Waals surface area contributed by atoms with Crippen LogP contribution in [0.4, 0.5) is 0 Å². The van der Waals surface area contributed by atoms with Gasteiger partial charge < -0.3 is 0 Å². The summed E-state index contributed by atoms with van der Waals surface area (Å²) in [5, 5.41) is 13.5. The molecule has 0 spiro atoms. The fraction of sp³-hybridized carbons (Fsp3) is 0.550. The SMILES string of the molecule is CCCCCCn1c(SCc2nnnn2CCCC)nc2ccccc2c1=O. The topological polar surface area (TPSA) is 78.5 Å². The molecule has 0 N–H and O–H groups in total. The summed E-state index contributed by atoms with van der Waals surface area (Å²) in [6.45, 7) is 5.84. The zero-order valence-electron chi connectivity index (χ0n) is 16.7. The minimum atomic E-state index is 0.0372. The maximum Gasteiger partial charge on any atom is 0.262 e. The lowest BCUT2D eigenvalue weighted by molar-refractivity contribution is 0.529. The van der Waals surface area contributed by atoms with Crippen LogP contribution in [0, 0.1) is 0 Å². The van der Waals surface area contributed by atoms with E-state index in [4.69, 9.17) is 4.98 Å². The normalized spacial score (nSPS) is 11.4. The minimum absolute atomic E-state index is 0.0372. The highest BCUT2D eigenvalue weighted by molar-refractivity contribution is 7.98. The molecule has 0 unspecified atom stereocenters. The third-order valence-electron chi connectivity index (χ3n) is 4.72. The Morgan fingerprint density at radius 1 is 1.00 bits per heavy atom. The average Bonchev–Trinajstić information content (AvgIpc) is 3.17. The van der Waals surface area contributed by atoms with Crippen LogP contribution in [0.3, 0.4) is 0 Å². The number of fused-ring (bicyclic) bond motifs is 1. The lowest BCUT2D eigenvalue weighted by Crippen LogP contribution is -2.23. The van der Waals surface area contributed by atoms with Crippen molar-refractivity contribution >= 4 is 22.7 Å². The maximum atomic E-state index is 13.0. The first-order chi connectivity index (χ1) is 13.7. The molecule has 0 bridgehead atoms. The molecule has 1 aromatic carbocycles. The molecule has 0 saturated carbocycles. The van der Waals surface area contributed by atoms with Crippen LogP contribution in [-0.2, 0) is 18.8 Å². The fourth-order valence-corrected chi connectivity index (χ4v) is 4.05. The molecule has 0 aliphatic rings. The second-order valence-electron chi connectivity index (χ2n) is 6.89. The molecule has 8 heteroatoms. The molecule has 0 fully saturated rings. The first-order valence-corrected chi connectivity index (χ1v) is 11.1. The molecule has 0 aliphatic carbocycles. The number of hydrogen-bond donors (Lipinski definition) is 0. The number of nitrogens with zero attached hydrogens (tertiary/aromatic N) is 6. The first kappa shape index (κ1) is 20.5. The van der Waals surface area contributed by atoms with Gasteiger partial charge >= 0.3 is 0 Å². The Morgan fingerprint density at radius 3 is 2.64 bits per heavy atom. The average molecular weight is 401 g/mol. The van der Waals surface area contributed by atoms with E-state index in [9.17, 15) is 4.79 Å². The summed E-state index contributed by atoms with van der Waals surface area (Å²) in [7, 11) is 0. The van der Waals surface area contributed by atoms with Crippen LogP contribution < -0.4 is 5.56 Å². The number of unbranched alkanes of at least 4 members (excludes halogenated alkanes) is 4.